The molecule has 0 spiro atoms. The molecule has 1 fully saturated rings. The molecule has 110 valence electrons. The van der Waals surface area contributed by atoms with E-state index in [0.717, 1.165) is 32.2 Å². The molecule has 1 aliphatic rings. The van der Waals surface area contributed by atoms with Crippen molar-refractivity contribution in [2.45, 2.75) is 45.1 Å². The van der Waals surface area contributed by atoms with Gasteiger partial charge >= 0.3 is 0 Å². The SMILES string of the molecule is CCCC1CCCCN1C(=O)COc1ccc(N)cc1. The fourth-order valence-electron chi connectivity index (χ4n) is 2.75. The van der Waals surface area contributed by atoms with Crippen LogP contribution in [0.2, 0.25) is 0 Å². The van der Waals surface area contributed by atoms with E-state index < -0.39 is 0 Å². The fraction of sp³-hybridized carbons (Fsp3) is 0.562. The van der Waals surface area contributed by atoms with Gasteiger partial charge in [0, 0.05) is 18.3 Å². The summed E-state index contributed by atoms with van der Waals surface area (Å²) in [6, 6.07) is 7.54. The Hall–Kier alpha value is -1.71. The zero-order valence-electron chi connectivity index (χ0n) is 12.2. The van der Waals surface area contributed by atoms with Crippen molar-refractivity contribution in [3.05, 3.63) is 24.3 Å². The van der Waals surface area contributed by atoms with Crippen molar-refractivity contribution in [3.8, 4) is 5.75 Å². The first-order chi connectivity index (χ1) is 9.70. The summed E-state index contributed by atoms with van der Waals surface area (Å²) in [6.45, 7) is 3.15. The van der Waals surface area contributed by atoms with Gasteiger partial charge < -0.3 is 15.4 Å². The second-order valence-corrected chi connectivity index (χ2v) is 5.38. The van der Waals surface area contributed by atoms with Crippen LogP contribution < -0.4 is 10.5 Å². The zero-order chi connectivity index (χ0) is 14.4. The number of rotatable bonds is 5. The van der Waals surface area contributed by atoms with Crippen molar-refractivity contribution in [2.75, 3.05) is 18.9 Å². The number of ether oxygens (including phenoxy) is 1. The maximum absolute atomic E-state index is 12.3. The van der Waals surface area contributed by atoms with Gasteiger partial charge in [-0.25, -0.2) is 0 Å². The number of nitrogen functional groups attached to an aromatic ring is 1. The van der Waals surface area contributed by atoms with Crippen LogP contribution in [0.15, 0.2) is 24.3 Å². The summed E-state index contributed by atoms with van der Waals surface area (Å²) in [7, 11) is 0. The molecule has 1 saturated heterocycles. The molecule has 20 heavy (non-hydrogen) atoms. The van der Waals surface area contributed by atoms with Crippen LogP contribution in [0.25, 0.3) is 0 Å². The van der Waals surface area contributed by atoms with Crippen LogP contribution in [-0.4, -0.2) is 30.0 Å². The van der Waals surface area contributed by atoms with E-state index in [-0.39, 0.29) is 12.5 Å². The lowest BCUT2D eigenvalue weighted by molar-refractivity contribution is -0.137. The van der Waals surface area contributed by atoms with E-state index in [1.807, 2.05) is 4.90 Å². The molecule has 0 saturated carbocycles. The van der Waals surface area contributed by atoms with Crippen molar-refractivity contribution < 1.29 is 9.53 Å². The highest BCUT2D eigenvalue weighted by Gasteiger charge is 2.25. The Kier molecular flexibility index (Phi) is 5.27. The Labute approximate surface area is 120 Å². The first-order valence-corrected chi connectivity index (χ1v) is 7.48. The van der Waals surface area contributed by atoms with Gasteiger partial charge in [0.1, 0.15) is 5.75 Å². The Morgan fingerprint density at radius 2 is 2.10 bits per heavy atom. The van der Waals surface area contributed by atoms with Gasteiger partial charge in [-0.05, 0) is 49.9 Å². The Morgan fingerprint density at radius 3 is 2.80 bits per heavy atom. The van der Waals surface area contributed by atoms with Gasteiger partial charge in [-0.15, -0.1) is 0 Å². The molecule has 1 amide bonds. The number of hydrogen-bond acceptors (Lipinski definition) is 3. The average Bonchev–Trinajstić information content (AvgIpc) is 2.47. The minimum absolute atomic E-state index is 0.0972. The van der Waals surface area contributed by atoms with Crippen LogP contribution in [0.1, 0.15) is 39.0 Å². The van der Waals surface area contributed by atoms with Crippen molar-refractivity contribution in [1.82, 2.24) is 4.90 Å². The number of nitrogens with zero attached hydrogens (tertiary/aromatic N) is 1. The summed E-state index contributed by atoms with van der Waals surface area (Å²) in [5.41, 5.74) is 6.32. The highest BCUT2D eigenvalue weighted by Crippen LogP contribution is 2.21. The number of nitrogens with two attached hydrogens (primary N) is 1. The molecule has 1 unspecified atom stereocenters. The third kappa shape index (κ3) is 3.89. The van der Waals surface area contributed by atoms with Gasteiger partial charge in [-0.3, -0.25) is 4.79 Å². The molecule has 1 aliphatic heterocycles. The molecule has 2 rings (SSSR count). The molecule has 1 aromatic carbocycles. The quantitative estimate of drug-likeness (QED) is 0.841. The monoisotopic (exact) mass is 276 g/mol. The number of anilines is 1. The van der Waals surface area contributed by atoms with Crippen LogP contribution in [0.5, 0.6) is 5.75 Å². The lowest BCUT2D eigenvalue weighted by Crippen LogP contribution is -2.45. The maximum Gasteiger partial charge on any atom is 0.260 e. The van der Waals surface area contributed by atoms with Gasteiger partial charge in [0.05, 0.1) is 0 Å². The molecule has 0 aromatic heterocycles. The van der Waals surface area contributed by atoms with Crippen molar-refractivity contribution in [1.29, 1.82) is 0 Å². The fourth-order valence-corrected chi connectivity index (χ4v) is 2.75. The molecule has 0 bridgehead atoms. The van der Waals surface area contributed by atoms with Crippen molar-refractivity contribution in [3.63, 3.8) is 0 Å². The number of hydrogen-bond donors (Lipinski definition) is 1. The lowest BCUT2D eigenvalue weighted by atomic mass is 9.98. The highest BCUT2D eigenvalue weighted by atomic mass is 16.5. The molecule has 4 heteroatoms. The molecule has 1 aromatic rings. The Balaban J connectivity index is 1.88. The number of benzene rings is 1. The van der Waals surface area contributed by atoms with E-state index in [9.17, 15) is 4.79 Å². The molecule has 1 heterocycles. The van der Waals surface area contributed by atoms with Gasteiger partial charge in [-0.1, -0.05) is 13.3 Å². The second kappa shape index (κ2) is 7.17. The van der Waals surface area contributed by atoms with Crippen LogP contribution in [0.4, 0.5) is 5.69 Å². The highest BCUT2D eigenvalue weighted by molar-refractivity contribution is 5.78. The van der Waals surface area contributed by atoms with Gasteiger partial charge in [0.15, 0.2) is 6.61 Å². The topological polar surface area (TPSA) is 55.6 Å². The predicted octanol–water partition coefficient (Wildman–Crippen LogP) is 2.83. The first kappa shape index (κ1) is 14.7. The lowest BCUT2D eigenvalue weighted by Gasteiger charge is -2.35. The molecule has 0 aliphatic carbocycles. The van der Waals surface area contributed by atoms with E-state index >= 15 is 0 Å². The average molecular weight is 276 g/mol. The summed E-state index contributed by atoms with van der Waals surface area (Å²) in [5.74, 6) is 0.788. The molecule has 2 N–H and O–H groups in total. The normalized spacial score (nSPS) is 18.9. The molecular weight excluding hydrogens is 252 g/mol. The van der Waals surface area contributed by atoms with Crippen LogP contribution in [0.3, 0.4) is 0 Å². The van der Waals surface area contributed by atoms with Crippen LogP contribution in [0, 0.1) is 0 Å². The standard InChI is InChI=1S/C16H24N2O2/c1-2-5-14-6-3-4-11-18(14)16(19)12-20-15-9-7-13(17)8-10-15/h7-10,14H,2-6,11-12,17H2,1H3. The third-order valence-corrected chi connectivity index (χ3v) is 3.81. The summed E-state index contributed by atoms with van der Waals surface area (Å²) in [5, 5.41) is 0. The third-order valence-electron chi connectivity index (χ3n) is 3.81. The second-order valence-electron chi connectivity index (χ2n) is 5.38. The first-order valence-electron chi connectivity index (χ1n) is 7.48. The molecule has 1 atom stereocenters. The van der Waals surface area contributed by atoms with Crippen molar-refractivity contribution >= 4 is 11.6 Å². The van der Waals surface area contributed by atoms with Gasteiger partial charge in [-0.2, -0.15) is 0 Å². The van der Waals surface area contributed by atoms with E-state index in [0.29, 0.717) is 17.5 Å². The number of likely N-dealkylation sites (tertiary alicyclic amines) is 1. The summed E-state index contributed by atoms with van der Waals surface area (Å²) < 4.78 is 5.56. The van der Waals surface area contributed by atoms with Gasteiger partial charge in [0.25, 0.3) is 5.91 Å². The Morgan fingerprint density at radius 1 is 1.35 bits per heavy atom. The minimum Gasteiger partial charge on any atom is -0.484 e. The van der Waals surface area contributed by atoms with Crippen molar-refractivity contribution in [2.24, 2.45) is 0 Å². The summed E-state index contributed by atoms with van der Waals surface area (Å²) >= 11 is 0. The number of carbonyl (C=O) groups excluding carboxylic acids is 1. The molecule has 4 nitrogen and oxygen atoms in total. The predicted molar refractivity (Wildman–Crippen MR) is 80.6 cm³/mol. The minimum atomic E-state index is 0.0972. The van der Waals surface area contributed by atoms with E-state index in [4.69, 9.17) is 10.5 Å². The zero-order valence-corrected chi connectivity index (χ0v) is 12.2. The van der Waals surface area contributed by atoms with Crippen LogP contribution >= 0.6 is 0 Å². The number of piperidine rings is 1. The van der Waals surface area contributed by atoms with E-state index in [2.05, 4.69) is 6.92 Å². The summed E-state index contributed by atoms with van der Waals surface area (Å²) in [6.07, 6.45) is 5.67. The van der Waals surface area contributed by atoms with Crippen LogP contribution in [-0.2, 0) is 4.79 Å². The Bertz CT molecular complexity index is 429. The molecular formula is C16H24N2O2. The largest absolute Gasteiger partial charge is 0.484 e. The molecule has 0 radical (unpaired) electrons. The van der Waals surface area contributed by atoms with E-state index in [1.54, 1.807) is 24.3 Å². The smallest absolute Gasteiger partial charge is 0.260 e. The van der Waals surface area contributed by atoms with E-state index in [1.165, 1.54) is 6.42 Å². The van der Waals surface area contributed by atoms with Gasteiger partial charge in [0.2, 0.25) is 0 Å². The number of carbonyl (C=O) groups is 1. The summed E-state index contributed by atoms with van der Waals surface area (Å²) in [4.78, 5) is 14.3. The maximum atomic E-state index is 12.3. The number of amides is 1.